The topological polar surface area (TPSA) is 82.8 Å². The molecule has 5 rings (SSSR count). The van der Waals surface area contributed by atoms with E-state index in [1.54, 1.807) is 6.33 Å². The van der Waals surface area contributed by atoms with Gasteiger partial charge in [-0.15, -0.1) is 0 Å². The van der Waals surface area contributed by atoms with Crippen molar-refractivity contribution in [1.82, 2.24) is 19.7 Å². The molecule has 0 radical (unpaired) electrons. The van der Waals surface area contributed by atoms with Gasteiger partial charge in [0.05, 0.1) is 5.39 Å². The predicted octanol–water partition coefficient (Wildman–Crippen LogP) is 4.18. The van der Waals surface area contributed by atoms with Crippen molar-refractivity contribution in [2.24, 2.45) is 0 Å². The van der Waals surface area contributed by atoms with Gasteiger partial charge in [-0.3, -0.25) is 0 Å². The minimum atomic E-state index is 0.298. The molecule has 2 aliphatic rings. The Morgan fingerprint density at radius 3 is 2.76 bits per heavy atom. The normalized spacial score (nSPS) is 19.9. The summed E-state index contributed by atoms with van der Waals surface area (Å²) in [5, 5.41) is 5.46. The molecule has 1 unspecified atom stereocenters. The van der Waals surface area contributed by atoms with Crippen LogP contribution in [0.2, 0.25) is 0 Å². The fourth-order valence-corrected chi connectivity index (χ4v) is 4.37. The molecule has 0 aliphatic heterocycles. The molecular formula is C19H23N5O. The van der Waals surface area contributed by atoms with Crippen LogP contribution >= 0.6 is 0 Å². The predicted molar refractivity (Wildman–Crippen MR) is 96.5 cm³/mol. The summed E-state index contributed by atoms with van der Waals surface area (Å²) in [6.07, 6.45) is 6.04. The number of hydrogen-bond acceptors (Lipinski definition) is 5. The number of nitrogen functional groups attached to an aromatic ring is 1. The monoisotopic (exact) mass is 337 g/mol. The van der Waals surface area contributed by atoms with Crippen molar-refractivity contribution in [3.05, 3.63) is 23.3 Å². The minimum absolute atomic E-state index is 0.298. The zero-order chi connectivity index (χ0) is 17.3. The van der Waals surface area contributed by atoms with Crippen molar-refractivity contribution in [2.75, 3.05) is 5.73 Å². The summed E-state index contributed by atoms with van der Waals surface area (Å²) in [6.45, 7) is 6.66. The quantitative estimate of drug-likeness (QED) is 0.758. The standard InChI is InChI=1S/C19H23N5O/c1-9(2)24-12-7-4-10(3)13-16(23-25-17(13)11-5-6-11)14(12)15-18(20)21-8-22-19(15)24/h8-11H,4-7H2,1-3H3,(H2,20,21,22). The van der Waals surface area contributed by atoms with E-state index in [0.29, 0.717) is 23.7 Å². The lowest BCUT2D eigenvalue weighted by atomic mass is 9.94. The van der Waals surface area contributed by atoms with Crippen LogP contribution in [0.5, 0.6) is 0 Å². The molecule has 25 heavy (non-hydrogen) atoms. The number of rotatable bonds is 2. The number of fused-ring (bicyclic) bond motifs is 5. The molecule has 1 atom stereocenters. The third kappa shape index (κ3) is 2.00. The number of nitrogens with two attached hydrogens (primary N) is 1. The van der Waals surface area contributed by atoms with E-state index in [0.717, 1.165) is 40.9 Å². The maximum atomic E-state index is 6.29. The molecule has 0 amide bonds. The molecule has 130 valence electrons. The molecule has 6 nitrogen and oxygen atoms in total. The van der Waals surface area contributed by atoms with E-state index < -0.39 is 0 Å². The molecule has 1 fully saturated rings. The molecule has 3 heterocycles. The van der Waals surface area contributed by atoms with E-state index >= 15 is 0 Å². The summed E-state index contributed by atoms with van der Waals surface area (Å²) in [4.78, 5) is 8.82. The van der Waals surface area contributed by atoms with Gasteiger partial charge in [-0.1, -0.05) is 12.1 Å². The zero-order valence-corrected chi connectivity index (χ0v) is 14.9. The van der Waals surface area contributed by atoms with Gasteiger partial charge in [-0.2, -0.15) is 0 Å². The highest BCUT2D eigenvalue weighted by Crippen LogP contribution is 2.50. The Morgan fingerprint density at radius 2 is 2.04 bits per heavy atom. The Bertz CT molecular complexity index is 980. The van der Waals surface area contributed by atoms with Crippen LogP contribution in [0, 0.1) is 0 Å². The SMILES string of the molecule is CC1CCc2c(c3c(N)ncnc3n2C(C)C)-c2noc(C3CC3)c21. The number of aromatic nitrogens is 4. The Kier molecular flexibility index (Phi) is 3.03. The first-order valence-corrected chi connectivity index (χ1v) is 9.21. The highest BCUT2D eigenvalue weighted by molar-refractivity contribution is 6.02. The highest BCUT2D eigenvalue weighted by atomic mass is 16.5. The van der Waals surface area contributed by atoms with Crippen LogP contribution in [0.3, 0.4) is 0 Å². The van der Waals surface area contributed by atoms with E-state index in [-0.39, 0.29) is 0 Å². The van der Waals surface area contributed by atoms with E-state index in [4.69, 9.17) is 10.3 Å². The fraction of sp³-hybridized carbons (Fsp3) is 0.526. The molecular weight excluding hydrogens is 314 g/mol. The average molecular weight is 337 g/mol. The maximum absolute atomic E-state index is 6.29. The molecule has 3 aromatic rings. The van der Waals surface area contributed by atoms with Crippen LogP contribution in [0.15, 0.2) is 10.9 Å². The van der Waals surface area contributed by atoms with Crippen molar-refractivity contribution >= 4 is 16.9 Å². The van der Waals surface area contributed by atoms with Crippen molar-refractivity contribution in [2.45, 2.75) is 64.3 Å². The minimum Gasteiger partial charge on any atom is -0.383 e. The molecule has 2 N–H and O–H groups in total. The van der Waals surface area contributed by atoms with Crippen LogP contribution in [0.25, 0.3) is 22.3 Å². The smallest absolute Gasteiger partial charge is 0.146 e. The highest BCUT2D eigenvalue weighted by Gasteiger charge is 2.38. The first kappa shape index (κ1) is 14.9. The lowest BCUT2D eigenvalue weighted by molar-refractivity contribution is 0.382. The Labute approximate surface area is 146 Å². The van der Waals surface area contributed by atoms with Gasteiger partial charge in [-0.05, 0) is 45.4 Å². The van der Waals surface area contributed by atoms with Gasteiger partial charge in [0, 0.05) is 28.8 Å². The number of anilines is 1. The van der Waals surface area contributed by atoms with Crippen molar-refractivity contribution in [3.8, 4) is 11.3 Å². The maximum Gasteiger partial charge on any atom is 0.146 e. The van der Waals surface area contributed by atoms with Gasteiger partial charge in [-0.25, -0.2) is 9.97 Å². The van der Waals surface area contributed by atoms with E-state index in [1.165, 1.54) is 24.1 Å². The summed E-state index contributed by atoms with van der Waals surface area (Å²) in [7, 11) is 0. The van der Waals surface area contributed by atoms with E-state index in [2.05, 4.69) is 40.5 Å². The summed E-state index contributed by atoms with van der Waals surface area (Å²) in [5.41, 5.74) is 11.8. The lowest BCUT2D eigenvalue weighted by Crippen LogP contribution is -2.07. The van der Waals surface area contributed by atoms with Gasteiger partial charge in [0.15, 0.2) is 0 Å². The fourth-order valence-electron chi connectivity index (χ4n) is 4.37. The second-order valence-electron chi connectivity index (χ2n) is 7.77. The van der Waals surface area contributed by atoms with Gasteiger partial charge in [0.25, 0.3) is 0 Å². The van der Waals surface area contributed by atoms with Crippen LogP contribution in [-0.2, 0) is 6.42 Å². The molecule has 0 saturated heterocycles. The van der Waals surface area contributed by atoms with Gasteiger partial charge < -0.3 is 14.8 Å². The van der Waals surface area contributed by atoms with E-state index in [1.807, 2.05) is 0 Å². The third-order valence-electron chi connectivity index (χ3n) is 5.68. The molecule has 2 aliphatic carbocycles. The molecule has 6 heteroatoms. The van der Waals surface area contributed by atoms with Gasteiger partial charge >= 0.3 is 0 Å². The van der Waals surface area contributed by atoms with Gasteiger partial charge in [0.2, 0.25) is 0 Å². The third-order valence-corrected chi connectivity index (χ3v) is 5.68. The van der Waals surface area contributed by atoms with Crippen molar-refractivity contribution in [1.29, 1.82) is 0 Å². The van der Waals surface area contributed by atoms with Crippen LogP contribution in [-0.4, -0.2) is 19.7 Å². The Balaban J connectivity index is 1.90. The molecule has 1 saturated carbocycles. The average Bonchev–Trinajstić information content (AvgIpc) is 3.26. The lowest BCUT2D eigenvalue weighted by Gasteiger charge is -2.14. The first-order chi connectivity index (χ1) is 12.1. The first-order valence-electron chi connectivity index (χ1n) is 9.21. The van der Waals surface area contributed by atoms with Crippen molar-refractivity contribution in [3.63, 3.8) is 0 Å². The van der Waals surface area contributed by atoms with E-state index in [9.17, 15) is 0 Å². The second-order valence-corrected chi connectivity index (χ2v) is 7.77. The van der Waals surface area contributed by atoms with Crippen molar-refractivity contribution < 1.29 is 4.52 Å². The molecule has 0 aromatic carbocycles. The summed E-state index contributed by atoms with van der Waals surface area (Å²) in [5.74, 6) is 2.60. The largest absolute Gasteiger partial charge is 0.383 e. The zero-order valence-electron chi connectivity index (χ0n) is 14.9. The summed E-state index contributed by atoms with van der Waals surface area (Å²) < 4.78 is 8.14. The second kappa shape index (κ2) is 5.07. The summed E-state index contributed by atoms with van der Waals surface area (Å²) in [6, 6.07) is 0.298. The number of nitrogens with zero attached hydrogens (tertiary/aromatic N) is 4. The van der Waals surface area contributed by atoms with Gasteiger partial charge in [0.1, 0.15) is 29.2 Å². The number of hydrogen-bond donors (Lipinski definition) is 1. The van der Waals surface area contributed by atoms with Crippen LogP contribution in [0.4, 0.5) is 5.82 Å². The molecule has 3 aromatic heterocycles. The molecule has 0 spiro atoms. The van der Waals surface area contributed by atoms with Crippen LogP contribution < -0.4 is 5.73 Å². The van der Waals surface area contributed by atoms with Crippen LogP contribution in [0.1, 0.15) is 74.9 Å². The molecule has 0 bridgehead atoms. The Hall–Kier alpha value is -2.37. The summed E-state index contributed by atoms with van der Waals surface area (Å²) >= 11 is 0. The Morgan fingerprint density at radius 1 is 1.24 bits per heavy atom.